The maximum absolute atomic E-state index is 13.0. The minimum absolute atomic E-state index is 0.0164. The summed E-state index contributed by atoms with van der Waals surface area (Å²) in [5, 5.41) is 14.0. The highest BCUT2D eigenvalue weighted by atomic mass is 31.2. The van der Waals surface area contributed by atoms with Gasteiger partial charge in [0.1, 0.15) is 13.2 Å². The van der Waals surface area contributed by atoms with Crippen molar-refractivity contribution in [3.63, 3.8) is 0 Å². The number of phosphoric ester groups is 1. The second-order valence-electron chi connectivity index (χ2n) is 21.4. The summed E-state index contributed by atoms with van der Waals surface area (Å²) < 4.78 is 23.4. The fourth-order valence-corrected chi connectivity index (χ4v) is 9.77. The maximum Gasteiger partial charge on any atom is 0.268 e. The van der Waals surface area contributed by atoms with Crippen LogP contribution in [0.5, 0.6) is 0 Å². The molecule has 0 radical (unpaired) electrons. The first kappa shape index (κ1) is 64.5. The number of amides is 1. The van der Waals surface area contributed by atoms with Crippen molar-refractivity contribution in [1.29, 1.82) is 0 Å². The van der Waals surface area contributed by atoms with E-state index in [4.69, 9.17) is 9.05 Å². The van der Waals surface area contributed by atoms with Gasteiger partial charge >= 0.3 is 0 Å². The van der Waals surface area contributed by atoms with E-state index in [2.05, 4.69) is 19.2 Å². The minimum Gasteiger partial charge on any atom is -0.756 e. The Morgan fingerprint density at radius 2 is 0.754 bits per heavy atom. The number of carbonyl (C=O) groups is 1. The third-order valence-electron chi connectivity index (χ3n) is 13.6. The van der Waals surface area contributed by atoms with Crippen molar-refractivity contribution in [2.45, 2.75) is 315 Å². The Kier molecular flexibility index (Phi) is 48.1. The molecule has 390 valence electrons. The van der Waals surface area contributed by atoms with Crippen molar-refractivity contribution >= 4 is 13.7 Å². The van der Waals surface area contributed by atoms with Crippen LogP contribution in [0.3, 0.4) is 0 Å². The molecule has 0 heterocycles. The van der Waals surface area contributed by atoms with E-state index in [-0.39, 0.29) is 19.1 Å². The zero-order chi connectivity index (χ0) is 47.8. The quantitative estimate of drug-likeness (QED) is 0.0357. The van der Waals surface area contributed by atoms with Gasteiger partial charge in [0.2, 0.25) is 5.91 Å². The van der Waals surface area contributed by atoms with Gasteiger partial charge in [-0.2, -0.15) is 0 Å². The number of likely N-dealkylation sites (N-methyl/N-ethyl adjacent to an activating group) is 1. The van der Waals surface area contributed by atoms with E-state index in [0.29, 0.717) is 23.9 Å². The summed E-state index contributed by atoms with van der Waals surface area (Å²) in [6, 6.07) is -0.794. The van der Waals surface area contributed by atoms with E-state index in [0.717, 1.165) is 38.5 Å². The molecule has 1 unspecified atom stereocenters. The SMILES string of the molecule is CCCCCCCCCCCCCCCCCCCCCCCCCCCCCCCCC(=O)N[C@@H](COP(=O)([O-])OCC[N+](C)(C)C)[C@H](O)CCCCCCCCCCCCCCC. The Morgan fingerprint density at radius 3 is 1.05 bits per heavy atom. The standard InChI is InChI=1S/C56H115N2O6P/c1-6-8-10-12-14-16-18-20-21-22-23-24-25-26-27-28-29-30-31-32-33-34-35-36-38-40-42-44-46-48-50-56(60)57-54(53-64-65(61,62)63-52-51-58(3,4)5)55(59)49-47-45-43-41-39-37-19-17-15-13-11-9-7-2/h54-55,59H,6-53H2,1-5H3,(H-,57,60,61,62)/t54-,55+/m0/s1. The largest absolute Gasteiger partial charge is 0.756 e. The number of carbonyl (C=O) groups excluding carboxylic acids is 1. The van der Waals surface area contributed by atoms with Crippen LogP contribution in [0.2, 0.25) is 0 Å². The molecule has 8 nitrogen and oxygen atoms in total. The number of hydrogen-bond donors (Lipinski definition) is 2. The number of nitrogens with one attached hydrogen (secondary N) is 1. The van der Waals surface area contributed by atoms with Gasteiger partial charge in [0.15, 0.2) is 0 Å². The van der Waals surface area contributed by atoms with Gasteiger partial charge in [-0.25, -0.2) is 0 Å². The molecule has 3 atom stereocenters. The molecule has 0 aliphatic heterocycles. The van der Waals surface area contributed by atoms with Gasteiger partial charge in [0.05, 0.1) is 39.9 Å². The van der Waals surface area contributed by atoms with Crippen LogP contribution in [0, 0.1) is 0 Å². The molecule has 0 aromatic rings. The molecule has 2 N–H and O–H groups in total. The molecule has 0 fully saturated rings. The Hall–Kier alpha value is -0.500. The molecular weight excluding hydrogens is 828 g/mol. The fourth-order valence-electron chi connectivity index (χ4n) is 9.04. The topological polar surface area (TPSA) is 108 Å². The predicted octanol–water partition coefficient (Wildman–Crippen LogP) is 16.6. The summed E-state index contributed by atoms with van der Waals surface area (Å²) in [5.41, 5.74) is 0. The molecular formula is C56H115N2O6P. The average molecular weight is 944 g/mol. The van der Waals surface area contributed by atoms with Crippen LogP contribution >= 0.6 is 7.82 Å². The minimum atomic E-state index is -4.56. The summed E-state index contributed by atoms with van der Waals surface area (Å²) in [6.07, 6.45) is 57.2. The Bertz CT molecular complexity index is 1030. The summed E-state index contributed by atoms with van der Waals surface area (Å²) in [7, 11) is 1.32. The third-order valence-corrected chi connectivity index (χ3v) is 14.6. The lowest BCUT2D eigenvalue weighted by atomic mass is 10.0. The molecule has 0 aromatic carbocycles. The highest BCUT2D eigenvalue weighted by Gasteiger charge is 2.24. The van der Waals surface area contributed by atoms with E-state index in [1.807, 2.05) is 21.1 Å². The van der Waals surface area contributed by atoms with E-state index in [1.54, 1.807) is 0 Å². The van der Waals surface area contributed by atoms with Crippen LogP contribution in [-0.2, 0) is 18.4 Å². The second kappa shape index (κ2) is 48.5. The zero-order valence-corrected chi connectivity index (χ0v) is 45.4. The van der Waals surface area contributed by atoms with Gasteiger partial charge in [0.25, 0.3) is 7.82 Å². The van der Waals surface area contributed by atoms with Crippen LogP contribution in [0.1, 0.15) is 303 Å². The molecule has 0 bridgehead atoms. The number of aliphatic hydroxyl groups excluding tert-OH is 1. The van der Waals surface area contributed by atoms with E-state index >= 15 is 0 Å². The number of rotatable bonds is 54. The third kappa shape index (κ3) is 51.2. The van der Waals surface area contributed by atoms with E-state index in [9.17, 15) is 19.4 Å². The first-order valence-electron chi connectivity index (χ1n) is 28.9. The second-order valence-corrected chi connectivity index (χ2v) is 22.8. The summed E-state index contributed by atoms with van der Waals surface area (Å²) in [4.78, 5) is 25.5. The Labute approximate surface area is 406 Å². The number of phosphoric acid groups is 1. The zero-order valence-electron chi connectivity index (χ0n) is 44.5. The van der Waals surface area contributed by atoms with Crippen molar-refractivity contribution in [3.05, 3.63) is 0 Å². The number of aliphatic hydroxyl groups is 1. The average Bonchev–Trinajstić information content (AvgIpc) is 3.26. The van der Waals surface area contributed by atoms with Gasteiger partial charge < -0.3 is 28.8 Å². The highest BCUT2D eigenvalue weighted by Crippen LogP contribution is 2.38. The molecule has 0 saturated carbocycles. The van der Waals surface area contributed by atoms with Crippen LogP contribution in [0.25, 0.3) is 0 Å². The number of nitrogens with zero attached hydrogens (tertiary/aromatic N) is 1. The summed E-state index contributed by atoms with van der Waals surface area (Å²) in [5.74, 6) is -0.157. The molecule has 0 aromatic heterocycles. The molecule has 0 aliphatic rings. The molecule has 0 saturated heterocycles. The molecule has 0 aliphatic carbocycles. The molecule has 0 rings (SSSR count). The van der Waals surface area contributed by atoms with E-state index in [1.165, 1.54) is 238 Å². The lowest BCUT2D eigenvalue weighted by Crippen LogP contribution is -2.46. The first-order valence-corrected chi connectivity index (χ1v) is 30.3. The van der Waals surface area contributed by atoms with Gasteiger partial charge in [-0.3, -0.25) is 9.36 Å². The van der Waals surface area contributed by atoms with Gasteiger partial charge in [-0.15, -0.1) is 0 Å². The van der Waals surface area contributed by atoms with Crippen molar-refractivity contribution in [1.82, 2.24) is 5.32 Å². The normalized spacial score (nSPS) is 13.9. The molecule has 9 heteroatoms. The van der Waals surface area contributed by atoms with Crippen LogP contribution in [-0.4, -0.2) is 68.5 Å². The highest BCUT2D eigenvalue weighted by molar-refractivity contribution is 7.45. The van der Waals surface area contributed by atoms with Crippen molar-refractivity contribution in [3.8, 4) is 0 Å². The van der Waals surface area contributed by atoms with Crippen LogP contribution in [0.4, 0.5) is 0 Å². The Morgan fingerprint density at radius 1 is 0.477 bits per heavy atom. The number of hydrogen-bond acceptors (Lipinski definition) is 6. The van der Waals surface area contributed by atoms with Crippen molar-refractivity contribution < 1.29 is 32.9 Å². The van der Waals surface area contributed by atoms with Crippen molar-refractivity contribution in [2.24, 2.45) is 0 Å². The van der Waals surface area contributed by atoms with Crippen molar-refractivity contribution in [2.75, 3.05) is 40.9 Å². The molecule has 1 amide bonds. The number of quaternary nitrogens is 1. The maximum atomic E-state index is 13.0. The van der Waals surface area contributed by atoms with Crippen LogP contribution < -0.4 is 10.2 Å². The number of unbranched alkanes of at least 4 members (excludes halogenated alkanes) is 41. The first-order chi connectivity index (χ1) is 31.5. The monoisotopic (exact) mass is 943 g/mol. The summed E-state index contributed by atoms with van der Waals surface area (Å²) >= 11 is 0. The van der Waals surface area contributed by atoms with Gasteiger partial charge in [-0.05, 0) is 12.8 Å². The lowest BCUT2D eigenvalue weighted by molar-refractivity contribution is -0.870. The molecule has 0 spiro atoms. The lowest BCUT2D eigenvalue weighted by Gasteiger charge is -2.30. The molecule has 65 heavy (non-hydrogen) atoms. The van der Waals surface area contributed by atoms with Gasteiger partial charge in [-0.1, -0.05) is 284 Å². The fraction of sp³-hybridized carbons (Fsp3) is 0.982. The van der Waals surface area contributed by atoms with E-state index < -0.39 is 20.0 Å². The Balaban J connectivity index is 3.97. The van der Waals surface area contributed by atoms with Gasteiger partial charge in [0, 0.05) is 6.42 Å². The van der Waals surface area contributed by atoms with Crippen LogP contribution in [0.15, 0.2) is 0 Å². The summed E-state index contributed by atoms with van der Waals surface area (Å²) in [6.45, 7) is 4.76. The smallest absolute Gasteiger partial charge is 0.268 e. The predicted molar refractivity (Wildman–Crippen MR) is 279 cm³/mol.